The lowest BCUT2D eigenvalue weighted by Crippen LogP contribution is -2.18. The van der Waals surface area contributed by atoms with E-state index in [-0.39, 0.29) is 11.9 Å². The fraction of sp³-hybridized carbons (Fsp3) is 0.250. The van der Waals surface area contributed by atoms with Crippen molar-refractivity contribution in [2.45, 2.75) is 18.9 Å². The molecule has 1 aromatic rings. The van der Waals surface area contributed by atoms with Gasteiger partial charge < -0.3 is 5.32 Å². The summed E-state index contributed by atoms with van der Waals surface area (Å²) in [6, 6.07) is 8.22. The lowest BCUT2D eigenvalue weighted by Gasteiger charge is -2.12. The second kappa shape index (κ2) is 3.66. The molecule has 0 aliphatic carbocycles. The van der Waals surface area contributed by atoms with Crippen LogP contribution in [0.2, 0.25) is 0 Å². The van der Waals surface area contributed by atoms with Crippen LogP contribution in [0.5, 0.6) is 0 Å². The van der Waals surface area contributed by atoms with Crippen molar-refractivity contribution in [3.63, 3.8) is 0 Å². The predicted octanol–water partition coefficient (Wildman–Crippen LogP) is 2.28. The summed E-state index contributed by atoms with van der Waals surface area (Å²) in [5, 5.41) is 2.96. The highest BCUT2D eigenvalue weighted by Gasteiger charge is 2.23. The molecule has 1 atom stereocenters. The van der Waals surface area contributed by atoms with Gasteiger partial charge in [0.25, 0.3) is 0 Å². The molecule has 1 N–H and O–H groups in total. The van der Waals surface area contributed by atoms with E-state index in [2.05, 4.69) is 11.9 Å². The van der Waals surface area contributed by atoms with E-state index in [1.54, 1.807) is 0 Å². The molecule has 0 bridgehead atoms. The Morgan fingerprint density at radius 1 is 1.43 bits per heavy atom. The number of amides is 1. The van der Waals surface area contributed by atoms with E-state index in [0.717, 1.165) is 12.0 Å². The Morgan fingerprint density at radius 3 is 2.86 bits per heavy atom. The molecule has 0 saturated carbocycles. The minimum atomic E-state index is 0.147. The molecule has 2 heteroatoms. The Morgan fingerprint density at radius 2 is 2.21 bits per heavy atom. The van der Waals surface area contributed by atoms with Crippen LogP contribution in [-0.4, -0.2) is 5.91 Å². The van der Waals surface area contributed by atoms with Gasteiger partial charge in [0.15, 0.2) is 0 Å². The molecule has 1 aromatic carbocycles. The first-order valence-electron chi connectivity index (χ1n) is 4.82. The number of hydrogen-bond acceptors (Lipinski definition) is 1. The fourth-order valence-electron chi connectivity index (χ4n) is 1.86. The largest absolute Gasteiger partial charge is 0.349 e. The molecule has 2 rings (SSSR count). The van der Waals surface area contributed by atoms with Crippen molar-refractivity contribution in [1.82, 2.24) is 5.32 Å². The Hall–Kier alpha value is -1.57. The first kappa shape index (κ1) is 9.00. The number of benzene rings is 1. The average Bonchev–Trinajstić information content (AvgIpc) is 2.65. The SMILES string of the molecule is C=Cc1ccccc1C1CCC(=O)N1. The third-order valence-electron chi connectivity index (χ3n) is 2.59. The first-order valence-corrected chi connectivity index (χ1v) is 4.82. The van der Waals surface area contributed by atoms with Gasteiger partial charge in [-0.25, -0.2) is 0 Å². The summed E-state index contributed by atoms with van der Waals surface area (Å²) in [5.74, 6) is 0.147. The van der Waals surface area contributed by atoms with E-state index in [1.807, 2.05) is 30.3 Å². The summed E-state index contributed by atoms with van der Waals surface area (Å²) >= 11 is 0. The lowest BCUT2D eigenvalue weighted by molar-refractivity contribution is -0.119. The van der Waals surface area contributed by atoms with Gasteiger partial charge in [-0.3, -0.25) is 4.79 Å². The van der Waals surface area contributed by atoms with Gasteiger partial charge in [0.1, 0.15) is 0 Å². The van der Waals surface area contributed by atoms with Crippen LogP contribution in [0.3, 0.4) is 0 Å². The Bertz CT molecular complexity index is 370. The highest BCUT2D eigenvalue weighted by molar-refractivity contribution is 5.79. The summed E-state index contributed by atoms with van der Waals surface area (Å²) in [6.07, 6.45) is 3.36. The maximum atomic E-state index is 11.1. The van der Waals surface area contributed by atoms with Gasteiger partial charge in [-0.15, -0.1) is 0 Å². The summed E-state index contributed by atoms with van der Waals surface area (Å²) in [4.78, 5) is 11.1. The topological polar surface area (TPSA) is 29.1 Å². The van der Waals surface area contributed by atoms with Crippen molar-refractivity contribution in [2.24, 2.45) is 0 Å². The molecular formula is C12H13NO. The van der Waals surface area contributed by atoms with Gasteiger partial charge in [0.05, 0.1) is 6.04 Å². The first-order chi connectivity index (χ1) is 6.81. The van der Waals surface area contributed by atoms with Gasteiger partial charge in [-0.05, 0) is 17.5 Å². The number of carbonyl (C=O) groups is 1. The minimum absolute atomic E-state index is 0.147. The van der Waals surface area contributed by atoms with Crippen LogP contribution in [0, 0.1) is 0 Å². The van der Waals surface area contributed by atoms with E-state index in [9.17, 15) is 4.79 Å². The molecule has 1 aliphatic heterocycles. The monoisotopic (exact) mass is 187 g/mol. The molecule has 1 amide bonds. The Labute approximate surface area is 83.6 Å². The summed E-state index contributed by atoms with van der Waals surface area (Å²) in [6.45, 7) is 3.77. The predicted molar refractivity (Wildman–Crippen MR) is 56.7 cm³/mol. The van der Waals surface area contributed by atoms with Crippen LogP contribution < -0.4 is 5.32 Å². The van der Waals surface area contributed by atoms with Gasteiger partial charge in [0.2, 0.25) is 5.91 Å². The zero-order valence-corrected chi connectivity index (χ0v) is 7.99. The Balaban J connectivity index is 2.31. The van der Waals surface area contributed by atoms with Crippen LogP contribution in [0.25, 0.3) is 6.08 Å². The van der Waals surface area contributed by atoms with Crippen molar-refractivity contribution >= 4 is 12.0 Å². The average molecular weight is 187 g/mol. The molecule has 0 spiro atoms. The molecule has 1 fully saturated rings. The molecule has 1 unspecified atom stereocenters. The maximum absolute atomic E-state index is 11.1. The van der Waals surface area contributed by atoms with Crippen molar-refractivity contribution in [3.8, 4) is 0 Å². The van der Waals surface area contributed by atoms with Crippen molar-refractivity contribution in [1.29, 1.82) is 0 Å². The smallest absolute Gasteiger partial charge is 0.220 e. The molecule has 0 radical (unpaired) electrons. The summed E-state index contributed by atoms with van der Waals surface area (Å²) in [5.41, 5.74) is 2.29. The normalized spacial score (nSPS) is 20.6. The summed E-state index contributed by atoms with van der Waals surface area (Å²) < 4.78 is 0. The molecule has 14 heavy (non-hydrogen) atoms. The zero-order valence-electron chi connectivity index (χ0n) is 7.99. The van der Waals surface area contributed by atoms with E-state index in [1.165, 1.54) is 5.56 Å². The minimum Gasteiger partial charge on any atom is -0.349 e. The molecule has 72 valence electrons. The van der Waals surface area contributed by atoms with Gasteiger partial charge in [-0.2, -0.15) is 0 Å². The van der Waals surface area contributed by atoms with Gasteiger partial charge >= 0.3 is 0 Å². The van der Waals surface area contributed by atoms with E-state index < -0.39 is 0 Å². The van der Waals surface area contributed by atoms with Crippen LogP contribution in [0.4, 0.5) is 0 Å². The summed E-state index contributed by atoms with van der Waals surface area (Å²) in [7, 11) is 0. The van der Waals surface area contributed by atoms with Crippen LogP contribution >= 0.6 is 0 Å². The lowest BCUT2D eigenvalue weighted by atomic mass is 9.99. The van der Waals surface area contributed by atoms with E-state index in [4.69, 9.17) is 0 Å². The number of rotatable bonds is 2. The fourth-order valence-corrected chi connectivity index (χ4v) is 1.86. The second-order valence-electron chi connectivity index (χ2n) is 3.49. The van der Waals surface area contributed by atoms with Crippen molar-refractivity contribution in [3.05, 3.63) is 42.0 Å². The highest BCUT2D eigenvalue weighted by atomic mass is 16.1. The van der Waals surface area contributed by atoms with Crippen LogP contribution in [0.1, 0.15) is 30.0 Å². The zero-order chi connectivity index (χ0) is 9.97. The second-order valence-corrected chi connectivity index (χ2v) is 3.49. The molecular weight excluding hydrogens is 174 g/mol. The quantitative estimate of drug-likeness (QED) is 0.756. The van der Waals surface area contributed by atoms with Gasteiger partial charge in [0, 0.05) is 6.42 Å². The molecule has 1 aliphatic rings. The molecule has 1 heterocycles. The number of hydrogen-bond donors (Lipinski definition) is 1. The maximum Gasteiger partial charge on any atom is 0.220 e. The number of nitrogens with one attached hydrogen (secondary N) is 1. The van der Waals surface area contributed by atoms with E-state index in [0.29, 0.717) is 6.42 Å². The Kier molecular flexibility index (Phi) is 2.35. The van der Waals surface area contributed by atoms with Crippen LogP contribution in [0.15, 0.2) is 30.8 Å². The molecule has 0 aromatic heterocycles. The molecule has 2 nitrogen and oxygen atoms in total. The standard InChI is InChI=1S/C12H13NO/c1-2-9-5-3-4-6-10(9)11-7-8-12(14)13-11/h2-6,11H,1,7-8H2,(H,13,14). The van der Waals surface area contributed by atoms with Gasteiger partial charge in [-0.1, -0.05) is 36.9 Å². The van der Waals surface area contributed by atoms with E-state index >= 15 is 0 Å². The van der Waals surface area contributed by atoms with Crippen LogP contribution in [-0.2, 0) is 4.79 Å². The third-order valence-corrected chi connectivity index (χ3v) is 2.59. The number of carbonyl (C=O) groups excluding carboxylic acids is 1. The van der Waals surface area contributed by atoms with Crippen molar-refractivity contribution in [2.75, 3.05) is 0 Å². The van der Waals surface area contributed by atoms with Crippen molar-refractivity contribution < 1.29 is 4.79 Å². The molecule has 1 saturated heterocycles. The third kappa shape index (κ3) is 1.55. The highest BCUT2D eigenvalue weighted by Crippen LogP contribution is 2.26.